The van der Waals surface area contributed by atoms with E-state index in [0.29, 0.717) is 5.56 Å². The molecule has 0 bridgehead atoms. The maximum absolute atomic E-state index is 11.8. The lowest BCUT2D eigenvalue weighted by Crippen LogP contribution is -2.37. The number of rotatable bonds is 2. The quantitative estimate of drug-likeness (QED) is 0.755. The topological polar surface area (TPSA) is 57.8 Å². The van der Waals surface area contributed by atoms with E-state index in [1.165, 1.54) is 0 Å². The van der Waals surface area contributed by atoms with Crippen molar-refractivity contribution in [2.45, 2.75) is 37.6 Å². The van der Waals surface area contributed by atoms with Gasteiger partial charge in [-0.15, -0.1) is 11.6 Å². The lowest BCUT2D eigenvalue weighted by molar-refractivity contribution is 0.0938. The van der Waals surface area contributed by atoms with Gasteiger partial charge in [0, 0.05) is 11.7 Å². The van der Waals surface area contributed by atoms with Gasteiger partial charge in [-0.1, -0.05) is 0 Å². The van der Waals surface area contributed by atoms with Crippen molar-refractivity contribution in [1.82, 2.24) is 15.5 Å². The highest BCUT2D eigenvalue weighted by Gasteiger charge is 2.27. The predicted octanol–water partition coefficient (Wildman–Crippen LogP) is 1.61. The summed E-state index contributed by atoms with van der Waals surface area (Å²) in [6, 6.07) is 0.105. The fraction of sp³-hybridized carbons (Fsp3) is 0.600. The summed E-state index contributed by atoms with van der Waals surface area (Å²) in [6.07, 6.45) is 4.58. The van der Waals surface area contributed by atoms with Crippen LogP contribution in [0.2, 0.25) is 0 Å². The zero-order valence-electron chi connectivity index (χ0n) is 8.59. The molecular formula is C10H14ClN3O. The predicted molar refractivity (Wildman–Crippen MR) is 58.1 cm³/mol. The van der Waals surface area contributed by atoms with E-state index in [1.54, 1.807) is 6.20 Å². The van der Waals surface area contributed by atoms with Crippen LogP contribution >= 0.6 is 11.6 Å². The maximum atomic E-state index is 11.8. The summed E-state index contributed by atoms with van der Waals surface area (Å²) in [7, 11) is 0. The molecule has 1 aromatic rings. The standard InChI is InChI=1S/C10H14ClN3O/c1-6-7(5-12-14-6)10(15)13-9-4-2-3-8(9)11/h5,8-9H,2-4H2,1H3,(H,12,14)(H,13,15). The number of carbonyl (C=O) groups is 1. The van der Waals surface area contributed by atoms with Crippen LogP contribution in [0.1, 0.15) is 35.3 Å². The Morgan fingerprint density at radius 3 is 3.00 bits per heavy atom. The first-order chi connectivity index (χ1) is 7.18. The van der Waals surface area contributed by atoms with Crippen LogP contribution < -0.4 is 5.32 Å². The second-order valence-electron chi connectivity index (χ2n) is 3.94. The summed E-state index contributed by atoms with van der Waals surface area (Å²) >= 11 is 6.09. The third-order valence-electron chi connectivity index (χ3n) is 2.82. The molecular weight excluding hydrogens is 214 g/mol. The molecule has 82 valence electrons. The van der Waals surface area contributed by atoms with E-state index in [4.69, 9.17) is 11.6 Å². The molecule has 1 aliphatic carbocycles. The smallest absolute Gasteiger partial charge is 0.255 e. The van der Waals surface area contributed by atoms with Gasteiger partial charge >= 0.3 is 0 Å². The molecule has 2 unspecified atom stereocenters. The Morgan fingerprint density at radius 1 is 1.67 bits per heavy atom. The summed E-state index contributed by atoms with van der Waals surface area (Å²) in [5.41, 5.74) is 1.39. The molecule has 1 fully saturated rings. The fourth-order valence-corrected chi connectivity index (χ4v) is 2.25. The normalized spacial score (nSPS) is 25.5. The molecule has 15 heavy (non-hydrogen) atoms. The number of halogens is 1. The van der Waals surface area contributed by atoms with Gasteiger partial charge in [-0.3, -0.25) is 9.89 Å². The van der Waals surface area contributed by atoms with Crippen LogP contribution in [0.4, 0.5) is 0 Å². The fourth-order valence-electron chi connectivity index (χ4n) is 1.90. The van der Waals surface area contributed by atoms with E-state index in [2.05, 4.69) is 15.5 Å². The number of aromatic amines is 1. The minimum absolute atomic E-state index is 0.0705. The first kappa shape index (κ1) is 10.5. The number of carbonyl (C=O) groups excluding carboxylic acids is 1. The molecule has 1 heterocycles. The number of nitrogens with one attached hydrogen (secondary N) is 2. The average Bonchev–Trinajstić information content (AvgIpc) is 2.76. The lowest BCUT2D eigenvalue weighted by atomic mass is 10.2. The van der Waals surface area contributed by atoms with Crippen molar-refractivity contribution in [3.8, 4) is 0 Å². The molecule has 2 rings (SSSR count). The number of aromatic nitrogens is 2. The van der Waals surface area contributed by atoms with Crippen molar-refractivity contribution in [1.29, 1.82) is 0 Å². The summed E-state index contributed by atoms with van der Waals surface area (Å²) in [4.78, 5) is 11.8. The number of alkyl halides is 1. The number of nitrogens with zero attached hydrogens (tertiary/aromatic N) is 1. The molecule has 0 radical (unpaired) electrons. The van der Waals surface area contributed by atoms with Crippen LogP contribution in [0.3, 0.4) is 0 Å². The molecule has 1 amide bonds. The Hall–Kier alpha value is -1.03. The third kappa shape index (κ3) is 2.15. The second kappa shape index (κ2) is 4.23. The number of amides is 1. The van der Waals surface area contributed by atoms with Crippen LogP contribution in [-0.4, -0.2) is 27.5 Å². The van der Waals surface area contributed by atoms with E-state index < -0.39 is 0 Å². The van der Waals surface area contributed by atoms with Gasteiger partial charge in [0.15, 0.2) is 0 Å². The molecule has 0 spiro atoms. The number of hydrogen-bond donors (Lipinski definition) is 2. The molecule has 2 atom stereocenters. The first-order valence-corrected chi connectivity index (χ1v) is 5.57. The van der Waals surface area contributed by atoms with Crippen LogP contribution in [-0.2, 0) is 0 Å². The summed E-state index contributed by atoms with van der Waals surface area (Å²) in [6.45, 7) is 1.83. The van der Waals surface area contributed by atoms with E-state index in [1.807, 2.05) is 6.92 Å². The maximum Gasteiger partial charge on any atom is 0.255 e. The molecule has 0 aliphatic heterocycles. The van der Waals surface area contributed by atoms with Crippen molar-refractivity contribution < 1.29 is 4.79 Å². The Balaban J connectivity index is 2.01. The molecule has 4 nitrogen and oxygen atoms in total. The Labute approximate surface area is 93.4 Å². The van der Waals surface area contributed by atoms with Crippen molar-refractivity contribution in [2.24, 2.45) is 0 Å². The summed E-state index contributed by atoms with van der Waals surface area (Å²) in [5, 5.41) is 9.57. The highest BCUT2D eigenvalue weighted by atomic mass is 35.5. The third-order valence-corrected chi connectivity index (χ3v) is 3.35. The van der Waals surface area contributed by atoms with Crippen molar-refractivity contribution in [3.05, 3.63) is 17.5 Å². The SMILES string of the molecule is Cc1[nH]ncc1C(=O)NC1CCCC1Cl. The minimum Gasteiger partial charge on any atom is -0.348 e. The molecule has 1 aromatic heterocycles. The van der Waals surface area contributed by atoms with E-state index in [9.17, 15) is 4.79 Å². The van der Waals surface area contributed by atoms with Crippen molar-refractivity contribution in [2.75, 3.05) is 0 Å². The Kier molecular flexibility index (Phi) is 2.95. The zero-order chi connectivity index (χ0) is 10.8. The highest BCUT2D eigenvalue weighted by molar-refractivity contribution is 6.21. The van der Waals surface area contributed by atoms with Crippen LogP contribution in [0.5, 0.6) is 0 Å². The zero-order valence-corrected chi connectivity index (χ0v) is 9.34. The van der Waals surface area contributed by atoms with E-state index in [0.717, 1.165) is 25.0 Å². The van der Waals surface area contributed by atoms with Gasteiger partial charge < -0.3 is 5.32 Å². The second-order valence-corrected chi connectivity index (χ2v) is 4.50. The van der Waals surface area contributed by atoms with Gasteiger partial charge in [-0.25, -0.2) is 0 Å². The first-order valence-electron chi connectivity index (χ1n) is 5.13. The number of aryl methyl sites for hydroxylation is 1. The molecule has 1 aliphatic rings. The van der Waals surface area contributed by atoms with Crippen LogP contribution in [0.15, 0.2) is 6.20 Å². The van der Waals surface area contributed by atoms with Gasteiger partial charge in [-0.05, 0) is 26.2 Å². The molecule has 2 N–H and O–H groups in total. The van der Waals surface area contributed by atoms with E-state index in [-0.39, 0.29) is 17.3 Å². The van der Waals surface area contributed by atoms with Gasteiger partial charge in [0.1, 0.15) is 0 Å². The van der Waals surface area contributed by atoms with Gasteiger partial charge in [-0.2, -0.15) is 5.10 Å². The van der Waals surface area contributed by atoms with Gasteiger partial charge in [0.25, 0.3) is 5.91 Å². The monoisotopic (exact) mass is 227 g/mol. The molecule has 5 heteroatoms. The van der Waals surface area contributed by atoms with Crippen LogP contribution in [0, 0.1) is 6.92 Å². The lowest BCUT2D eigenvalue weighted by Gasteiger charge is -2.15. The molecule has 0 aromatic carbocycles. The van der Waals surface area contributed by atoms with Crippen molar-refractivity contribution in [3.63, 3.8) is 0 Å². The molecule has 1 saturated carbocycles. The average molecular weight is 228 g/mol. The van der Waals surface area contributed by atoms with E-state index >= 15 is 0 Å². The Morgan fingerprint density at radius 2 is 2.47 bits per heavy atom. The number of H-pyrrole nitrogens is 1. The van der Waals surface area contributed by atoms with Gasteiger partial charge in [0.2, 0.25) is 0 Å². The highest BCUT2D eigenvalue weighted by Crippen LogP contribution is 2.24. The minimum atomic E-state index is -0.0844. The van der Waals surface area contributed by atoms with Crippen molar-refractivity contribution >= 4 is 17.5 Å². The summed E-state index contributed by atoms with van der Waals surface area (Å²) < 4.78 is 0. The van der Waals surface area contributed by atoms with Crippen LogP contribution in [0.25, 0.3) is 0 Å². The summed E-state index contributed by atoms with van der Waals surface area (Å²) in [5.74, 6) is -0.0844. The number of hydrogen-bond acceptors (Lipinski definition) is 2. The molecule has 0 saturated heterocycles. The Bertz CT molecular complexity index is 363. The van der Waals surface area contributed by atoms with Gasteiger partial charge in [0.05, 0.1) is 17.1 Å². The largest absolute Gasteiger partial charge is 0.348 e.